The van der Waals surface area contributed by atoms with Crippen molar-refractivity contribution < 1.29 is 9.18 Å². The number of piperazine rings is 1. The van der Waals surface area contributed by atoms with Crippen LogP contribution in [0, 0.1) is 5.82 Å². The normalized spacial score (nSPS) is 14.5. The van der Waals surface area contributed by atoms with Crippen LogP contribution in [-0.2, 0) is 0 Å². The van der Waals surface area contributed by atoms with Gasteiger partial charge in [-0.1, -0.05) is 0 Å². The van der Waals surface area contributed by atoms with Gasteiger partial charge in [0.2, 0.25) is 0 Å². The van der Waals surface area contributed by atoms with Gasteiger partial charge in [-0.3, -0.25) is 4.79 Å². The minimum Gasteiger partial charge on any atom is -0.368 e. The van der Waals surface area contributed by atoms with Crippen molar-refractivity contribution in [1.82, 2.24) is 15.2 Å². The zero-order chi connectivity index (χ0) is 19.2. The highest BCUT2D eigenvalue weighted by atomic mass is 19.1. The van der Waals surface area contributed by atoms with Crippen molar-refractivity contribution in [2.45, 2.75) is 0 Å². The number of nitrogens with one attached hydrogen (secondary N) is 1. The lowest BCUT2D eigenvalue weighted by Crippen LogP contribution is -2.46. The van der Waals surface area contributed by atoms with Crippen molar-refractivity contribution in [3.63, 3.8) is 0 Å². The van der Waals surface area contributed by atoms with Gasteiger partial charge in [-0.2, -0.15) is 0 Å². The van der Waals surface area contributed by atoms with Crippen molar-refractivity contribution in [2.75, 3.05) is 63.2 Å². The van der Waals surface area contributed by atoms with Crippen LogP contribution in [0.25, 0.3) is 0 Å². The minimum absolute atomic E-state index is 0.149. The molecule has 2 aromatic rings. The predicted octanol–water partition coefficient (Wildman–Crippen LogP) is 1.84. The van der Waals surface area contributed by atoms with Crippen LogP contribution in [0.1, 0.15) is 10.5 Å². The highest BCUT2D eigenvalue weighted by Crippen LogP contribution is 2.20. The summed E-state index contributed by atoms with van der Waals surface area (Å²) in [6.07, 6.45) is 1.76. The first-order valence-corrected chi connectivity index (χ1v) is 9.17. The Morgan fingerprint density at radius 2 is 1.63 bits per heavy atom. The molecule has 0 saturated carbocycles. The number of hydrogen-bond acceptors (Lipinski definition) is 5. The highest BCUT2D eigenvalue weighted by Gasteiger charge is 2.18. The van der Waals surface area contributed by atoms with Gasteiger partial charge in [-0.05, 0) is 50.5 Å². The van der Waals surface area contributed by atoms with Gasteiger partial charge >= 0.3 is 0 Å². The number of carbonyl (C=O) groups excluding carboxylic acids is 1. The fourth-order valence-electron chi connectivity index (χ4n) is 3.07. The third-order valence-electron chi connectivity index (χ3n) is 4.66. The molecule has 1 aromatic carbocycles. The van der Waals surface area contributed by atoms with Crippen molar-refractivity contribution in [1.29, 1.82) is 0 Å². The monoisotopic (exact) mass is 371 g/mol. The lowest BCUT2D eigenvalue weighted by molar-refractivity contribution is 0.0946. The molecule has 144 valence electrons. The Morgan fingerprint density at radius 1 is 1.04 bits per heavy atom. The third kappa shape index (κ3) is 5.17. The number of benzene rings is 1. The number of likely N-dealkylation sites (N-methyl/N-ethyl adjacent to an activating group) is 1. The van der Waals surface area contributed by atoms with Crippen molar-refractivity contribution >= 4 is 17.3 Å². The van der Waals surface area contributed by atoms with Gasteiger partial charge in [0.05, 0.1) is 11.9 Å². The summed E-state index contributed by atoms with van der Waals surface area (Å²) >= 11 is 0. The summed E-state index contributed by atoms with van der Waals surface area (Å²) in [4.78, 5) is 22.9. The molecule has 0 unspecified atom stereocenters. The lowest BCUT2D eigenvalue weighted by Gasteiger charge is -2.37. The minimum atomic E-state index is -0.214. The SMILES string of the molecule is CN(C)CCNC(=O)c1ccc(N2CCN(c3ccc(F)cc3)CC2)cn1. The first-order valence-electron chi connectivity index (χ1n) is 9.17. The molecule has 0 bridgehead atoms. The van der Waals surface area contributed by atoms with Gasteiger partial charge in [0.15, 0.2) is 0 Å². The molecule has 27 heavy (non-hydrogen) atoms. The molecule has 1 aromatic heterocycles. The second kappa shape index (κ2) is 8.81. The fourth-order valence-corrected chi connectivity index (χ4v) is 3.07. The second-order valence-electron chi connectivity index (χ2n) is 6.91. The molecule has 1 aliphatic rings. The molecule has 7 heteroatoms. The van der Waals surface area contributed by atoms with E-state index in [1.807, 2.05) is 37.2 Å². The lowest BCUT2D eigenvalue weighted by atomic mass is 10.2. The smallest absolute Gasteiger partial charge is 0.269 e. The van der Waals surface area contributed by atoms with E-state index in [1.54, 1.807) is 12.3 Å². The molecular weight excluding hydrogens is 345 g/mol. The Morgan fingerprint density at radius 3 is 2.19 bits per heavy atom. The number of carbonyl (C=O) groups is 1. The molecule has 0 atom stereocenters. The van der Waals surface area contributed by atoms with Crippen LogP contribution in [0.4, 0.5) is 15.8 Å². The average Bonchev–Trinajstić information content (AvgIpc) is 2.68. The Bertz CT molecular complexity index is 740. The second-order valence-corrected chi connectivity index (χ2v) is 6.91. The van der Waals surface area contributed by atoms with E-state index in [-0.39, 0.29) is 11.7 Å². The van der Waals surface area contributed by atoms with Crippen LogP contribution in [0.15, 0.2) is 42.6 Å². The van der Waals surface area contributed by atoms with E-state index >= 15 is 0 Å². The number of hydrogen-bond donors (Lipinski definition) is 1. The zero-order valence-electron chi connectivity index (χ0n) is 15.9. The van der Waals surface area contributed by atoms with Gasteiger partial charge in [0.1, 0.15) is 11.5 Å². The number of amides is 1. The molecule has 1 N–H and O–H groups in total. The Labute approximate surface area is 159 Å². The molecule has 2 heterocycles. The molecule has 3 rings (SSSR count). The van der Waals surface area contributed by atoms with E-state index in [0.29, 0.717) is 12.2 Å². The third-order valence-corrected chi connectivity index (χ3v) is 4.66. The number of pyridine rings is 1. The molecule has 0 radical (unpaired) electrons. The molecule has 0 aliphatic carbocycles. The van der Waals surface area contributed by atoms with E-state index in [2.05, 4.69) is 20.1 Å². The number of halogens is 1. The zero-order valence-corrected chi connectivity index (χ0v) is 15.9. The predicted molar refractivity (Wildman–Crippen MR) is 106 cm³/mol. The van der Waals surface area contributed by atoms with Crippen LogP contribution < -0.4 is 15.1 Å². The van der Waals surface area contributed by atoms with E-state index in [4.69, 9.17) is 0 Å². The highest BCUT2D eigenvalue weighted by molar-refractivity contribution is 5.92. The molecule has 6 nitrogen and oxygen atoms in total. The summed E-state index contributed by atoms with van der Waals surface area (Å²) in [5.74, 6) is -0.362. The standard InChI is InChI=1S/C20H26FN5O/c1-24(2)10-9-22-20(27)19-8-7-18(15-23-19)26-13-11-25(12-14-26)17-5-3-16(21)4-6-17/h3-8,15H,9-14H2,1-2H3,(H,22,27). The number of aromatic nitrogens is 1. The van der Waals surface area contributed by atoms with Gasteiger partial charge in [0.25, 0.3) is 5.91 Å². The fraction of sp³-hybridized carbons (Fsp3) is 0.400. The number of anilines is 2. The topological polar surface area (TPSA) is 51.7 Å². The molecule has 1 fully saturated rings. The van der Waals surface area contributed by atoms with Gasteiger partial charge in [-0.25, -0.2) is 9.37 Å². The molecule has 0 spiro atoms. The Balaban J connectivity index is 1.52. The summed E-state index contributed by atoms with van der Waals surface area (Å²) < 4.78 is 13.1. The van der Waals surface area contributed by atoms with Gasteiger partial charge < -0.3 is 20.0 Å². The van der Waals surface area contributed by atoms with E-state index in [1.165, 1.54) is 12.1 Å². The molecule has 1 saturated heterocycles. The maximum atomic E-state index is 13.1. The summed E-state index contributed by atoms with van der Waals surface area (Å²) in [5.41, 5.74) is 2.49. The van der Waals surface area contributed by atoms with Crippen LogP contribution >= 0.6 is 0 Å². The molecular formula is C20H26FN5O. The van der Waals surface area contributed by atoms with E-state index in [0.717, 1.165) is 44.1 Å². The van der Waals surface area contributed by atoms with Crippen molar-refractivity contribution in [2.24, 2.45) is 0 Å². The Kier molecular flexibility index (Phi) is 6.24. The summed E-state index contributed by atoms with van der Waals surface area (Å²) in [6, 6.07) is 10.3. The number of nitrogens with zero attached hydrogens (tertiary/aromatic N) is 4. The van der Waals surface area contributed by atoms with Crippen LogP contribution in [0.3, 0.4) is 0 Å². The van der Waals surface area contributed by atoms with E-state index < -0.39 is 0 Å². The maximum absolute atomic E-state index is 13.1. The first-order chi connectivity index (χ1) is 13.0. The van der Waals surface area contributed by atoms with Gasteiger partial charge in [-0.15, -0.1) is 0 Å². The van der Waals surface area contributed by atoms with Crippen molar-refractivity contribution in [3.8, 4) is 0 Å². The summed E-state index contributed by atoms with van der Waals surface area (Å²) in [6.45, 7) is 4.82. The quantitative estimate of drug-likeness (QED) is 0.840. The number of rotatable bonds is 6. The largest absolute Gasteiger partial charge is 0.368 e. The van der Waals surface area contributed by atoms with Crippen LogP contribution in [0.2, 0.25) is 0 Å². The summed E-state index contributed by atoms with van der Waals surface area (Å²) in [5, 5.41) is 2.87. The molecule has 1 aliphatic heterocycles. The Hall–Kier alpha value is -2.67. The van der Waals surface area contributed by atoms with Crippen LogP contribution in [-0.4, -0.2) is 69.2 Å². The first kappa shape index (κ1) is 19.1. The molecule has 1 amide bonds. The van der Waals surface area contributed by atoms with E-state index in [9.17, 15) is 9.18 Å². The van der Waals surface area contributed by atoms with Crippen LogP contribution in [0.5, 0.6) is 0 Å². The maximum Gasteiger partial charge on any atom is 0.269 e. The summed E-state index contributed by atoms with van der Waals surface area (Å²) in [7, 11) is 3.93. The van der Waals surface area contributed by atoms with Gasteiger partial charge in [0, 0.05) is 45.0 Å². The van der Waals surface area contributed by atoms with Crippen molar-refractivity contribution in [3.05, 3.63) is 54.1 Å². The average molecular weight is 371 g/mol.